The van der Waals surface area contributed by atoms with Gasteiger partial charge in [0, 0.05) is 0 Å². The van der Waals surface area contributed by atoms with Gasteiger partial charge in [0.15, 0.2) is 6.10 Å². The van der Waals surface area contributed by atoms with Crippen molar-refractivity contribution in [3.63, 3.8) is 0 Å². The summed E-state index contributed by atoms with van der Waals surface area (Å²) >= 11 is 0. The number of rotatable bonds is 2. The van der Waals surface area contributed by atoms with Crippen molar-refractivity contribution in [3.05, 3.63) is 0 Å². The van der Waals surface area contributed by atoms with Gasteiger partial charge in [0.1, 0.15) is 0 Å². The Labute approximate surface area is 66.0 Å². The van der Waals surface area contributed by atoms with E-state index in [0.29, 0.717) is 5.92 Å². The second-order valence-corrected chi connectivity index (χ2v) is 3.46. The van der Waals surface area contributed by atoms with Crippen LogP contribution in [0.25, 0.3) is 0 Å². The molecule has 0 aromatic carbocycles. The van der Waals surface area contributed by atoms with Gasteiger partial charge in [-0.25, -0.2) is 4.79 Å². The van der Waals surface area contributed by atoms with Crippen LogP contribution in [-0.2, 0) is 4.79 Å². The third kappa shape index (κ3) is 1.93. The third-order valence-corrected chi connectivity index (χ3v) is 2.43. The highest BCUT2D eigenvalue weighted by molar-refractivity contribution is 5.72. The van der Waals surface area contributed by atoms with Crippen LogP contribution >= 0.6 is 0 Å². The Morgan fingerprint density at radius 3 is 2.55 bits per heavy atom. The molecule has 0 amide bonds. The Kier molecular flexibility index (Phi) is 2.49. The summed E-state index contributed by atoms with van der Waals surface area (Å²) in [7, 11) is 0. The van der Waals surface area contributed by atoms with E-state index in [2.05, 4.69) is 6.92 Å². The summed E-state index contributed by atoms with van der Waals surface area (Å²) in [6, 6.07) is 0. The fourth-order valence-corrected chi connectivity index (χ4v) is 1.74. The van der Waals surface area contributed by atoms with E-state index in [9.17, 15) is 4.79 Å². The molecular weight excluding hydrogens is 144 g/mol. The average molecular weight is 158 g/mol. The standard InChI is InChI=1S/C8H14O3/c1-5-2-3-6(4-5)7(9)8(10)11/h5-7,9H,2-4H2,1H3,(H,10,11). The fraction of sp³-hybridized carbons (Fsp3) is 0.875. The van der Waals surface area contributed by atoms with Crippen LogP contribution in [0.15, 0.2) is 0 Å². The van der Waals surface area contributed by atoms with Gasteiger partial charge in [-0.3, -0.25) is 0 Å². The van der Waals surface area contributed by atoms with Crippen LogP contribution in [-0.4, -0.2) is 22.3 Å². The Balaban J connectivity index is 2.43. The first-order valence-corrected chi connectivity index (χ1v) is 4.02. The largest absolute Gasteiger partial charge is 0.479 e. The molecule has 0 heterocycles. The molecule has 3 heteroatoms. The number of carboxylic acids is 1. The minimum atomic E-state index is -1.14. The number of hydrogen-bond acceptors (Lipinski definition) is 2. The van der Waals surface area contributed by atoms with Crippen LogP contribution in [0.3, 0.4) is 0 Å². The van der Waals surface area contributed by atoms with E-state index in [-0.39, 0.29) is 5.92 Å². The molecule has 0 aliphatic heterocycles. The predicted molar refractivity (Wildman–Crippen MR) is 40.1 cm³/mol. The molecule has 2 N–H and O–H groups in total. The summed E-state index contributed by atoms with van der Waals surface area (Å²) in [4.78, 5) is 10.3. The van der Waals surface area contributed by atoms with Crippen LogP contribution < -0.4 is 0 Å². The molecular formula is C8H14O3. The molecule has 1 rings (SSSR count). The molecule has 0 aromatic heterocycles. The molecule has 0 radical (unpaired) electrons. The molecule has 0 spiro atoms. The maximum atomic E-state index is 10.3. The van der Waals surface area contributed by atoms with Gasteiger partial charge in [-0.15, -0.1) is 0 Å². The van der Waals surface area contributed by atoms with Gasteiger partial charge in [-0.2, -0.15) is 0 Å². The maximum Gasteiger partial charge on any atom is 0.332 e. The van der Waals surface area contributed by atoms with E-state index in [1.165, 1.54) is 0 Å². The van der Waals surface area contributed by atoms with Gasteiger partial charge in [-0.05, 0) is 24.7 Å². The highest BCUT2D eigenvalue weighted by Crippen LogP contribution is 2.32. The lowest BCUT2D eigenvalue weighted by molar-refractivity contribution is -0.149. The molecule has 0 bridgehead atoms. The molecule has 64 valence electrons. The molecule has 3 atom stereocenters. The zero-order chi connectivity index (χ0) is 8.43. The van der Waals surface area contributed by atoms with E-state index < -0.39 is 12.1 Å². The van der Waals surface area contributed by atoms with Crippen LogP contribution in [0, 0.1) is 11.8 Å². The Morgan fingerprint density at radius 1 is 1.55 bits per heavy atom. The van der Waals surface area contributed by atoms with Crippen LogP contribution in [0.1, 0.15) is 26.2 Å². The van der Waals surface area contributed by atoms with E-state index in [0.717, 1.165) is 19.3 Å². The number of aliphatic hydroxyl groups is 1. The van der Waals surface area contributed by atoms with Crippen molar-refractivity contribution in [1.82, 2.24) is 0 Å². The normalized spacial score (nSPS) is 33.6. The number of hydrogen-bond donors (Lipinski definition) is 2. The van der Waals surface area contributed by atoms with Crippen molar-refractivity contribution in [2.24, 2.45) is 11.8 Å². The van der Waals surface area contributed by atoms with Gasteiger partial charge >= 0.3 is 5.97 Å². The molecule has 1 aliphatic carbocycles. The Morgan fingerprint density at radius 2 is 2.18 bits per heavy atom. The summed E-state index contributed by atoms with van der Waals surface area (Å²) in [5.41, 5.74) is 0. The minimum absolute atomic E-state index is 0.0116. The number of carboxylic acid groups (broad SMARTS) is 1. The van der Waals surface area contributed by atoms with Crippen LogP contribution in [0.2, 0.25) is 0 Å². The Bertz CT molecular complexity index is 155. The highest BCUT2D eigenvalue weighted by Gasteiger charge is 2.31. The van der Waals surface area contributed by atoms with Crippen molar-refractivity contribution in [1.29, 1.82) is 0 Å². The molecule has 0 saturated heterocycles. The van der Waals surface area contributed by atoms with Crippen molar-refractivity contribution < 1.29 is 15.0 Å². The molecule has 3 unspecified atom stereocenters. The summed E-state index contributed by atoms with van der Waals surface area (Å²) in [6.45, 7) is 2.09. The second-order valence-electron chi connectivity index (χ2n) is 3.46. The topological polar surface area (TPSA) is 57.5 Å². The van der Waals surface area contributed by atoms with Crippen LogP contribution in [0.4, 0.5) is 0 Å². The predicted octanol–water partition coefficient (Wildman–Crippen LogP) is 0.868. The first-order valence-electron chi connectivity index (χ1n) is 4.02. The molecule has 1 aliphatic rings. The monoisotopic (exact) mass is 158 g/mol. The van der Waals surface area contributed by atoms with E-state index >= 15 is 0 Å². The van der Waals surface area contributed by atoms with Crippen molar-refractivity contribution in [2.45, 2.75) is 32.3 Å². The van der Waals surface area contributed by atoms with Crippen molar-refractivity contribution in [3.8, 4) is 0 Å². The van der Waals surface area contributed by atoms with E-state index in [1.54, 1.807) is 0 Å². The lowest BCUT2D eigenvalue weighted by atomic mass is 10.00. The van der Waals surface area contributed by atoms with Gasteiger partial charge in [0.05, 0.1) is 0 Å². The van der Waals surface area contributed by atoms with Gasteiger partial charge in [0.25, 0.3) is 0 Å². The molecule has 3 nitrogen and oxygen atoms in total. The lowest BCUT2D eigenvalue weighted by Crippen LogP contribution is -2.27. The number of carbonyl (C=O) groups is 1. The van der Waals surface area contributed by atoms with Gasteiger partial charge < -0.3 is 10.2 Å². The third-order valence-electron chi connectivity index (χ3n) is 2.43. The van der Waals surface area contributed by atoms with Crippen molar-refractivity contribution in [2.75, 3.05) is 0 Å². The van der Waals surface area contributed by atoms with Crippen LogP contribution in [0.5, 0.6) is 0 Å². The summed E-state index contributed by atoms with van der Waals surface area (Å²) < 4.78 is 0. The SMILES string of the molecule is CC1CCC(C(O)C(=O)O)C1. The first kappa shape index (κ1) is 8.53. The molecule has 11 heavy (non-hydrogen) atoms. The first-order chi connectivity index (χ1) is 5.11. The lowest BCUT2D eigenvalue weighted by Gasteiger charge is -2.12. The van der Waals surface area contributed by atoms with E-state index in [4.69, 9.17) is 10.2 Å². The number of aliphatic carboxylic acids is 1. The maximum absolute atomic E-state index is 10.3. The fourth-order valence-electron chi connectivity index (χ4n) is 1.74. The quantitative estimate of drug-likeness (QED) is 0.627. The van der Waals surface area contributed by atoms with Crippen molar-refractivity contribution >= 4 is 5.97 Å². The van der Waals surface area contributed by atoms with Gasteiger partial charge in [-0.1, -0.05) is 13.3 Å². The second kappa shape index (κ2) is 3.22. The van der Waals surface area contributed by atoms with E-state index in [1.807, 2.05) is 0 Å². The summed E-state index contributed by atoms with van der Waals surface area (Å²) in [6.07, 6.45) is 1.62. The summed E-state index contributed by atoms with van der Waals surface area (Å²) in [5.74, 6) is -0.513. The number of aliphatic hydroxyl groups excluding tert-OH is 1. The molecule has 0 aromatic rings. The molecule has 1 fully saturated rings. The zero-order valence-electron chi connectivity index (χ0n) is 6.66. The minimum Gasteiger partial charge on any atom is -0.479 e. The van der Waals surface area contributed by atoms with Gasteiger partial charge in [0.2, 0.25) is 0 Å². The Hall–Kier alpha value is -0.570. The smallest absolute Gasteiger partial charge is 0.332 e. The molecule has 1 saturated carbocycles. The zero-order valence-corrected chi connectivity index (χ0v) is 6.66. The highest BCUT2D eigenvalue weighted by atomic mass is 16.4. The average Bonchev–Trinajstić information content (AvgIpc) is 2.34. The summed E-state index contributed by atoms with van der Waals surface area (Å²) in [5, 5.41) is 17.6.